The summed E-state index contributed by atoms with van der Waals surface area (Å²) in [6.07, 6.45) is 1.49. The van der Waals surface area contributed by atoms with E-state index in [-0.39, 0.29) is 5.91 Å². The van der Waals surface area contributed by atoms with Crippen LogP contribution >= 0.6 is 0 Å². The average Bonchev–Trinajstić information content (AvgIpc) is 2.44. The summed E-state index contributed by atoms with van der Waals surface area (Å²) in [6.45, 7) is 1.91. The molecule has 0 aliphatic heterocycles. The van der Waals surface area contributed by atoms with Crippen LogP contribution < -0.4 is 10.5 Å². The molecule has 0 bridgehead atoms. The van der Waals surface area contributed by atoms with Crippen LogP contribution in [0.1, 0.15) is 15.9 Å². The lowest BCUT2D eigenvalue weighted by atomic mass is 10.2. The zero-order valence-corrected chi connectivity index (χ0v) is 11.8. The molecular formula is C15H17N3O2. The van der Waals surface area contributed by atoms with Gasteiger partial charge in [0, 0.05) is 26.4 Å². The lowest BCUT2D eigenvalue weighted by Gasteiger charge is -2.11. The Morgan fingerprint density at radius 3 is 2.60 bits per heavy atom. The molecule has 1 heterocycles. The molecule has 1 aromatic carbocycles. The standard InChI is InChI=1S/C15H17N3O2/c1-10-5-4-6-12(14(10)16)20-13-8-7-11(9-17-13)15(19)18(2)3/h4-9H,16H2,1-3H3. The molecule has 2 N–H and O–H groups in total. The van der Waals surface area contributed by atoms with Gasteiger partial charge in [-0.05, 0) is 24.6 Å². The van der Waals surface area contributed by atoms with Crippen molar-refractivity contribution in [2.75, 3.05) is 19.8 Å². The maximum Gasteiger partial charge on any atom is 0.254 e. The van der Waals surface area contributed by atoms with E-state index in [4.69, 9.17) is 10.5 Å². The van der Waals surface area contributed by atoms with Crippen molar-refractivity contribution in [1.82, 2.24) is 9.88 Å². The number of para-hydroxylation sites is 1. The summed E-state index contributed by atoms with van der Waals surface area (Å²) < 4.78 is 5.62. The molecule has 5 heteroatoms. The van der Waals surface area contributed by atoms with E-state index in [2.05, 4.69) is 4.98 Å². The number of pyridine rings is 1. The van der Waals surface area contributed by atoms with Gasteiger partial charge in [-0.3, -0.25) is 4.79 Å². The molecule has 1 aromatic heterocycles. The largest absolute Gasteiger partial charge is 0.437 e. The van der Waals surface area contributed by atoms with Crippen molar-refractivity contribution in [3.05, 3.63) is 47.7 Å². The Hall–Kier alpha value is -2.56. The summed E-state index contributed by atoms with van der Waals surface area (Å²) in [7, 11) is 3.39. The van der Waals surface area contributed by atoms with Crippen LogP contribution in [-0.2, 0) is 0 Å². The molecule has 1 amide bonds. The SMILES string of the molecule is Cc1cccc(Oc2ccc(C(=O)N(C)C)cn2)c1N. The van der Waals surface area contributed by atoms with Crippen LogP contribution in [0.5, 0.6) is 11.6 Å². The van der Waals surface area contributed by atoms with Gasteiger partial charge in [-0.15, -0.1) is 0 Å². The number of carbonyl (C=O) groups is 1. The molecule has 0 saturated carbocycles. The van der Waals surface area contributed by atoms with Crippen molar-refractivity contribution < 1.29 is 9.53 Å². The highest BCUT2D eigenvalue weighted by atomic mass is 16.5. The Kier molecular flexibility index (Phi) is 3.89. The third-order valence-corrected chi connectivity index (χ3v) is 2.89. The number of rotatable bonds is 3. The van der Waals surface area contributed by atoms with Crippen LogP contribution in [0, 0.1) is 6.92 Å². The van der Waals surface area contributed by atoms with E-state index in [0.29, 0.717) is 22.9 Å². The molecule has 0 spiro atoms. The minimum atomic E-state index is -0.0980. The topological polar surface area (TPSA) is 68.5 Å². The molecule has 5 nitrogen and oxygen atoms in total. The van der Waals surface area contributed by atoms with Crippen LogP contribution in [0.4, 0.5) is 5.69 Å². The number of carbonyl (C=O) groups excluding carboxylic acids is 1. The molecule has 0 saturated heterocycles. The molecule has 104 valence electrons. The monoisotopic (exact) mass is 271 g/mol. The maximum absolute atomic E-state index is 11.7. The first-order valence-corrected chi connectivity index (χ1v) is 6.19. The second-order valence-electron chi connectivity index (χ2n) is 4.67. The molecule has 0 unspecified atom stereocenters. The van der Waals surface area contributed by atoms with E-state index in [0.717, 1.165) is 5.56 Å². The second-order valence-corrected chi connectivity index (χ2v) is 4.67. The summed E-state index contributed by atoms with van der Waals surface area (Å²) in [6, 6.07) is 8.89. The third kappa shape index (κ3) is 2.88. The maximum atomic E-state index is 11.7. The van der Waals surface area contributed by atoms with Crippen LogP contribution in [0.3, 0.4) is 0 Å². The number of hydrogen-bond acceptors (Lipinski definition) is 4. The van der Waals surface area contributed by atoms with Gasteiger partial charge in [0.15, 0.2) is 5.75 Å². The number of nitrogens with two attached hydrogens (primary N) is 1. The van der Waals surface area contributed by atoms with Gasteiger partial charge in [0.2, 0.25) is 5.88 Å². The van der Waals surface area contributed by atoms with E-state index in [9.17, 15) is 4.79 Å². The normalized spacial score (nSPS) is 10.2. The summed E-state index contributed by atoms with van der Waals surface area (Å²) in [5, 5.41) is 0. The quantitative estimate of drug-likeness (QED) is 0.871. The van der Waals surface area contributed by atoms with Crippen molar-refractivity contribution in [2.45, 2.75) is 6.92 Å². The number of hydrogen-bond donors (Lipinski definition) is 1. The molecule has 0 radical (unpaired) electrons. The predicted octanol–water partition coefficient (Wildman–Crippen LogP) is 2.47. The zero-order valence-electron chi connectivity index (χ0n) is 11.8. The third-order valence-electron chi connectivity index (χ3n) is 2.89. The number of aromatic nitrogens is 1. The first kappa shape index (κ1) is 13.9. The number of anilines is 1. The van der Waals surface area contributed by atoms with Crippen LogP contribution in [0.25, 0.3) is 0 Å². The Balaban J connectivity index is 2.19. The second kappa shape index (κ2) is 5.61. The van der Waals surface area contributed by atoms with Crippen molar-refractivity contribution in [2.24, 2.45) is 0 Å². The number of benzene rings is 1. The van der Waals surface area contributed by atoms with Gasteiger partial charge in [0.25, 0.3) is 5.91 Å². The fourth-order valence-electron chi connectivity index (χ4n) is 1.68. The number of ether oxygens (including phenoxy) is 1. The van der Waals surface area contributed by atoms with E-state index in [1.54, 1.807) is 32.3 Å². The predicted molar refractivity (Wildman–Crippen MR) is 77.9 cm³/mol. The minimum absolute atomic E-state index is 0.0980. The first-order valence-electron chi connectivity index (χ1n) is 6.19. The average molecular weight is 271 g/mol. The first-order chi connectivity index (χ1) is 9.49. The summed E-state index contributed by atoms with van der Waals surface area (Å²) in [5.74, 6) is 0.862. The highest BCUT2D eigenvalue weighted by Gasteiger charge is 2.09. The molecular weight excluding hydrogens is 254 g/mol. The van der Waals surface area contributed by atoms with Crippen molar-refractivity contribution in [1.29, 1.82) is 0 Å². The van der Waals surface area contributed by atoms with Crippen LogP contribution in [0.2, 0.25) is 0 Å². The van der Waals surface area contributed by atoms with Crippen LogP contribution in [-0.4, -0.2) is 29.9 Å². The smallest absolute Gasteiger partial charge is 0.254 e. The van der Waals surface area contributed by atoms with Crippen molar-refractivity contribution in [3.63, 3.8) is 0 Å². The van der Waals surface area contributed by atoms with Gasteiger partial charge >= 0.3 is 0 Å². The Morgan fingerprint density at radius 1 is 1.25 bits per heavy atom. The van der Waals surface area contributed by atoms with Gasteiger partial charge in [-0.25, -0.2) is 4.98 Å². The lowest BCUT2D eigenvalue weighted by Crippen LogP contribution is -2.21. The molecule has 0 aliphatic rings. The summed E-state index contributed by atoms with van der Waals surface area (Å²) in [5.41, 5.74) is 7.98. The highest BCUT2D eigenvalue weighted by Crippen LogP contribution is 2.28. The fourth-order valence-corrected chi connectivity index (χ4v) is 1.68. The van der Waals surface area contributed by atoms with Gasteiger partial charge in [0.1, 0.15) is 0 Å². The van der Waals surface area contributed by atoms with Crippen molar-refractivity contribution >= 4 is 11.6 Å². The Labute approximate surface area is 118 Å². The van der Waals surface area contributed by atoms with E-state index >= 15 is 0 Å². The van der Waals surface area contributed by atoms with Gasteiger partial charge in [-0.2, -0.15) is 0 Å². The summed E-state index contributed by atoms with van der Waals surface area (Å²) in [4.78, 5) is 17.4. The molecule has 0 aliphatic carbocycles. The Morgan fingerprint density at radius 2 is 2.00 bits per heavy atom. The lowest BCUT2D eigenvalue weighted by molar-refractivity contribution is 0.0827. The number of nitrogens with zero attached hydrogens (tertiary/aromatic N) is 2. The number of nitrogen functional groups attached to an aromatic ring is 1. The molecule has 20 heavy (non-hydrogen) atoms. The zero-order chi connectivity index (χ0) is 14.7. The minimum Gasteiger partial charge on any atom is -0.437 e. The van der Waals surface area contributed by atoms with E-state index in [1.165, 1.54) is 11.1 Å². The van der Waals surface area contributed by atoms with Gasteiger partial charge in [0.05, 0.1) is 11.3 Å². The van der Waals surface area contributed by atoms with Gasteiger partial charge in [-0.1, -0.05) is 12.1 Å². The highest BCUT2D eigenvalue weighted by molar-refractivity contribution is 5.93. The van der Waals surface area contributed by atoms with Crippen LogP contribution in [0.15, 0.2) is 36.5 Å². The van der Waals surface area contributed by atoms with E-state index in [1.807, 2.05) is 19.1 Å². The number of amides is 1. The summed E-state index contributed by atoms with van der Waals surface area (Å²) >= 11 is 0. The fraction of sp³-hybridized carbons (Fsp3) is 0.200. The molecule has 0 atom stereocenters. The Bertz CT molecular complexity index is 622. The van der Waals surface area contributed by atoms with Crippen molar-refractivity contribution in [3.8, 4) is 11.6 Å². The molecule has 2 rings (SSSR count). The van der Waals surface area contributed by atoms with Gasteiger partial charge < -0.3 is 15.4 Å². The van der Waals surface area contributed by atoms with E-state index < -0.39 is 0 Å². The molecule has 0 fully saturated rings. The number of aryl methyl sites for hydroxylation is 1. The molecule has 2 aromatic rings.